The quantitative estimate of drug-likeness (QED) is 0.314. The molecule has 1 aliphatic heterocycles. The van der Waals surface area contributed by atoms with E-state index in [2.05, 4.69) is 48.5 Å². The molecule has 4 heterocycles. The number of piperidine rings is 1. The monoisotopic (exact) mass is 450 g/mol. The third kappa shape index (κ3) is 3.24. The minimum absolute atomic E-state index is 0.326. The van der Waals surface area contributed by atoms with E-state index in [4.69, 9.17) is 4.42 Å². The molecule has 1 saturated carbocycles. The van der Waals surface area contributed by atoms with Crippen molar-refractivity contribution in [1.82, 2.24) is 39.6 Å². The van der Waals surface area contributed by atoms with Gasteiger partial charge in [-0.3, -0.25) is 0 Å². The van der Waals surface area contributed by atoms with Gasteiger partial charge in [-0.15, -0.1) is 10.2 Å². The highest BCUT2D eigenvalue weighted by Crippen LogP contribution is 2.59. The first kappa shape index (κ1) is 19.9. The molecule has 0 amide bonds. The maximum absolute atomic E-state index is 5.46. The van der Waals surface area contributed by atoms with Crippen LogP contribution in [0.4, 0.5) is 0 Å². The lowest BCUT2D eigenvalue weighted by molar-refractivity contribution is 0.299. The van der Waals surface area contributed by atoms with Crippen molar-refractivity contribution in [2.45, 2.75) is 30.3 Å². The van der Waals surface area contributed by atoms with Gasteiger partial charge in [-0.1, -0.05) is 17.8 Å². The second kappa shape index (κ2) is 7.41. The molecule has 2 atom stereocenters. The van der Waals surface area contributed by atoms with Crippen molar-refractivity contribution in [3.63, 3.8) is 0 Å². The highest BCUT2D eigenvalue weighted by molar-refractivity contribution is 7.99. The predicted octanol–water partition coefficient (Wildman–Crippen LogP) is 2.82. The normalized spacial score (nSPS) is 22.7. The van der Waals surface area contributed by atoms with Crippen LogP contribution >= 0.6 is 11.8 Å². The lowest BCUT2D eigenvalue weighted by Gasteiger charge is -2.21. The summed E-state index contributed by atoms with van der Waals surface area (Å²) in [6.45, 7) is 5.37. The Hall–Kier alpha value is -2.72. The van der Waals surface area contributed by atoms with Crippen LogP contribution in [0.25, 0.3) is 22.6 Å². The van der Waals surface area contributed by atoms with Gasteiger partial charge >= 0.3 is 0 Å². The zero-order chi connectivity index (χ0) is 21.9. The predicted molar refractivity (Wildman–Crippen MR) is 121 cm³/mol. The van der Waals surface area contributed by atoms with Crippen LogP contribution in [-0.2, 0) is 19.5 Å². The molecule has 6 rings (SSSR count). The fourth-order valence-corrected chi connectivity index (χ4v) is 5.98. The maximum atomic E-state index is 5.46. The molecule has 0 radical (unpaired) electrons. The fourth-order valence-electron chi connectivity index (χ4n) is 5.14. The number of rotatable bonds is 7. The first-order valence-corrected chi connectivity index (χ1v) is 12.0. The van der Waals surface area contributed by atoms with Gasteiger partial charge in [0.2, 0.25) is 5.82 Å². The van der Waals surface area contributed by atoms with Crippen LogP contribution in [-0.4, -0.2) is 65.0 Å². The molecule has 9 nitrogen and oxygen atoms in total. The van der Waals surface area contributed by atoms with Gasteiger partial charge in [-0.25, -0.2) is 4.98 Å². The molecule has 10 heteroatoms. The van der Waals surface area contributed by atoms with Gasteiger partial charge in [-0.05, 0) is 49.9 Å². The highest BCUT2D eigenvalue weighted by Gasteiger charge is 2.60. The third-order valence-electron chi connectivity index (χ3n) is 6.90. The first-order chi connectivity index (χ1) is 15.5. The Morgan fingerprint density at radius 1 is 1.19 bits per heavy atom. The van der Waals surface area contributed by atoms with Gasteiger partial charge in [0.1, 0.15) is 11.0 Å². The molecule has 0 unspecified atom stereocenters. The summed E-state index contributed by atoms with van der Waals surface area (Å²) in [5.41, 5.74) is 4.57. The van der Waals surface area contributed by atoms with E-state index in [0.29, 0.717) is 11.2 Å². The number of aryl methyl sites for hydroxylation is 2. The average Bonchev–Trinajstić information content (AvgIpc) is 3.20. The van der Waals surface area contributed by atoms with Gasteiger partial charge < -0.3 is 13.9 Å². The number of thioether (sulfide) groups is 1. The summed E-state index contributed by atoms with van der Waals surface area (Å²) in [4.78, 5) is 8.42. The molecule has 32 heavy (non-hydrogen) atoms. The maximum Gasteiger partial charge on any atom is 0.202 e. The van der Waals surface area contributed by atoms with E-state index in [0.717, 1.165) is 58.9 Å². The molecular formula is C22H26N8OS. The molecule has 0 spiro atoms. The number of likely N-dealkylation sites (tertiary alicyclic amines) is 1. The summed E-state index contributed by atoms with van der Waals surface area (Å²) in [5.74, 6) is 3.20. The summed E-state index contributed by atoms with van der Waals surface area (Å²) in [7, 11) is 3.86. The van der Waals surface area contributed by atoms with E-state index < -0.39 is 0 Å². The standard InChI is InChI=1S/C22H26N8OS/c1-14-19(31-13-23-14)20-24-25-21(28(20)2)32-8-4-7-30-11-16-10-22(16,12-30)15-5-6-17-18(9-15)27-29(3)26-17/h5-6,9,13,16H,4,7-8,10-12H2,1-3H3/t16-,22+/m1/s1. The number of fused-ring (bicyclic) bond motifs is 2. The SMILES string of the molecule is Cc1ncoc1-c1nnc(SCCCN2C[C@H]3C[C@@]3(c3ccc4nn(C)nc4c3)C2)n1C. The first-order valence-electron chi connectivity index (χ1n) is 11.0. The minimum Gasteiger partial charge on any atom is -0.440 e. The molecule has 2 fully saturated rings. The van der Waals surface area contributed by atoms with Crippen LogP contribution in [0.15, 0.2) is 34.2 Å². The van der Waals surface area contributed by atoms with Crippen molar-refractivity contribution in [2.75, 3.05) is 25.4 Å². The number of oxazole rings is 1. The van der Waals surface area contributed by atoms with Crippen molar-refractivity contribution >= 4 is 22.8 Å². The van der Waals surface area contributed by atoms with Gasteiger partial charge in [0.05, 0.1) is 5.69 Å². The Morgan fingerprint density at radius 3 is 2.91 bits per heavy atom. The molecule has 1 aromatic carbocycles. The summed E-state index contributed by atoms with van der Waals surface area (Å²) in [5, 5.41) is 18.5. The molecule has 2 aliphatic rings. The third-order valence-corrected chi connectivity index (χ3v) is 8.01. The number of aromatic nitrogens is 7. The lowest BCUT2D eigenvalue weighted by atomic mass is 9.94. The molecule has 1 aliphatic carbocycles. The topological polar surface area (TPSA) is 90.7 Å². The van der Waals surface area contributed by atoms with Crippen LogP contribution < -0.4 is 0 Å². The smallest absolute Gasteiger partial charge is 0.202 e. The van der Waals surface area contributed by atoms with E-state index in [9.17, 15) is 0 Å². The highest BCUT2D eigenvalue weighted by atomic mass is 32.2. The van der Waals surface area contributed by atoms with Gasteiger partial charge in [0.15, 0.2) is 17.3 Å². The van der Waals surface area contributed by atoms with E-state index >= 15 is 0 Å². The van der Waals surface area contributed by atoms with E-state index in [-0.39, 0.29) is 0 Å². The van der Waals surface area contributed by atoms with Crippen LogP contribution in [0.5, 0.6) is 0 Å². The largest absolute Gasteiger partial charge is 0.440 e. The van der Waals surface area contributed by atoms with Crippen molar-refractivity contribution < 1.29 is 4.42 Å². The second-order valence-electron chi connectivity index (χ2n) is 9.02. The van der Waals surface area contributed by atoms with Crippen LogP contribution in [0.2, 0.25) is 0 Å². The van der Waals surface area contributed by atoms with Crippen molar-refractivity contribution in [3.8, 4) is 11.6 Å². The minimum atomic E-state index is 0.326. The molecule has 1 saturated heterocycles. The molecular weight excluding hydrogens is 424 g/mol. The van der Waals surface area contributed by atoms with E-state index in [1.807, 2.05) is 25.6 Å². The van der Waals surface area contributed by atoms with Crippen molar-refractivity contribution in [2.24, 2.45) is 20.0 Å². The number of benzene rings is 1. The summed E-state index contributed by atoms with van der Waals surface area (Å²) < 4.78 is 7.45. The van der Waals surface area contributed by atoms with E-state index in [1.54, 1.807) is 16.6 Å². The Kier molecular flexibility index (Phi) is 4.62. The molecule has 166 valence electrons. The molecule has 0 bridgehead atoms. The Labute approximate surface area is 190 Å². The summed E-state index contributed by atoms with van der Waals surface area (Å²) in [6, 6.07) is 6.64. The summed E-state index contributed by atoms with van der Waals surface area (Å²) >= 11 is 1.75. The average molecular weight is 451 g/mol. The Morgan fingerprint density at radius 2 is 2.06 bits per heavy atom. The van der Waals surface area contributed by atoms with Gasteiger partial charge in [-0.2, -0.15) is 15.0 Å². The van der Waals surface area contributed by atoms with Crippen LogP contribution in [0.1, 0.15) is 24.1 Å². The fraction of sp³-hybridized carbons (Fsp3) is 0.500. The summed E-state index contributed by atoms with van der Waals surface area (Å²) in [6.07, 6.45) is 3.87. The Bertz CT molecular complexity index is 1290. The molecule has 0 N–H and O–H groups in total. The van der Waals surface area contributed by atoms with Crippen molar-refractivity contribution in [1.29, 1.82) is 0 Å². The van der Waals surface area contributed by atoms with Gasteiger partial charge in [0.25, 0.3) is 0 Å². The van der Waals surface area contributed by atoms with Crippen molar-refractivity contribution in [3.05, 3.63) is 35.9 Å². The Balaban J connectivity index is 1.04. The van der Waals surface area contributed by atoms with E-state index in [1.165, 1.54) is 24.9 Å². The second-order valence-corrected chi connectivity index (χ2v) is 10.1. The zero-order valence-electron chi connectivity index (χ0n) is 18.5. The number of hydrogen-bond acceptors (Lipinski definition) is 8. The lowest BCUT2D eigenvalue weighted by Crippen LogP contribution is -2.27. The number of nitrogens with zero attached hydrogens (tertiary/aromatic N) is 8. The van der Waals surface area contributed by atoms with Crippen LogP contribution in [0, 0.1) is 12.8 Å². The van der Waals surface area contributed by atoms with Gasteiger partial charge in [0, 0.05) is 38.4 Å². The molecule has 4 aromatic rings. The zero-order valence-corrected chi connectivity index (χ0v) is 19.3. The number of hydrogen-bond donors (Lipinski definition) is 0. The van der Waals surface area contributed by atoms with Crippen LogP contribution in [0.3, 0.4) is 0 Å². The molecule has 3 aromatic heterocycles.